The van der Waals surface area contributed by atoms with Crippen molar-refractivity contribution in [1.82, 2.24) is 0 Å². The summed E-state index contributed by atoms with van der Waals surface area (Å²) in [7, 11) is 0. The van der Waals surface area contributed by atoms with Gasteiger partial charge in [0.15, 0.2) is 0 Å². The first kappa shape index (κ1) is 71.8. The van der Waals surface area contributed by atoms with E-state index in [0.29, 0.717) is 0 Å². The van der Waals surface area contributed by atoms with E-state index in [4.69, 9.17) is 0 Å². The number of aryl methyl sites for hydroxylation is 2. The predicted molar refractivity (Wildman–Crippen MR) is 359 cm³/mol. The number of hydrogen-bond acceptors (Lipinski definition) is 0. The molecule has 0 saturated carbocycles. The van der Waals surface area contributed by atoms with Gasteiger partial charge >= 0.3 is 0 Å². The number of hydrogen-bond donors (Lipinski definition) is 0. The molecule has 1 heterocycles. The lowest BCUT2D eigenvalue weighted by Gasteiger charge is -2.12. The molecule has 0 fully saturated rings. The van der Waals surface area contributed by atoms with E-state index in [2.05, 4.69) is 75.4 Å². The van der Waals surface area contributed by atoms with Gasteiger partial charge in [-0.1, -0.05) is 385 Å². The van der Waals surface area contributed by atoms with Crippen LogP contribution in [-0.2, 0) is 12.8 Å². The highest BCUT2D eigenvalue weighted by Crippen LogP contribution is 2.38. The smallest absolute Gasteiger partial charge is 0.210 e. The van der Waals surface area contributed by atoms with Gasteiger partial charge in [0.25, 0.3) is 0 Å². The molecule has 2 heteroatoms. The van der Waals surface area contributed by atoms with E-state index in [1.54, 1.807) is 0 Å². The topological polar surface area (TPSA) is 25.3 Å². The lowest BCUT2D eigenvalue weighted by atomic mass is 9.98. The Morgan fingerprint density at radius 1 is 0.263 bits per heavy atom. The summed E-state index contributed by atoms with van der Waals surface area (Å²) >= 11 is 0. The molecule has 2 aromatic carbocycles. The van der Waals surface area contributed by atoms with Crippen LogP contribution in [0.4, 0.5) is 0 Å². The second-order valence-corrected chi connectivity index (χ2v) is 26.1. The van der Waals surface area contributed by atoms with Crippen molar-refractivity contribution in [3.63, 3.8) is 0 Å². The summed E-state index contributed by atoms with van der Waals surface area (Å²) in [6.45, 7) is 6.91. The van der Waals surface area contributed by atoms with Crippen LogP contribution in [0.3, 0.4) is 0 Å². The van der Waals surface area contributed by atoms with Crippen molar-refractivity contribution in [1.29, 1.82) is 0 Å². The molecule has 1 aliphatic heterocycles. The molecule has 458 valence electrons. The van der Waals surface area contributed by atoms with Crippen LogP contribution < -0.4 is 0 Å². The Hall–Kier alpha value is -2.48. The zero-order valence-corrected chi connectivity index (χ0v) is 54.3. The standard InChI is InChI=1S/C78H136N2/c1-4-7-10-13-15-17-19-21-23-25-27-29-31-33-35-37-39-41-43-45-47-49-51-53-55-57-62-72-64-60-67-74(69-72)77-71-76(66-59-12-9-6-3)78(80(77)79)75-68-61-65-73(70-75)63-58-56-54-52-50-48-46-44-42-40-38-36-34-32-30-28-26-24-22-20-18-16-14-11-8-5-2/h60-61,64-65,67-71H,4-59,62-63,66H2,1-3H3. The van der Waals surface area contributed by atoms with Crippen LogP contribution in [0.25, 0.3) is 16.9 Å². The fraction of sp³-hybridized carbons (Fsp3) is 0.795. The van der Waals surface area contributed by atoms with Crippen LogP contribution in [0.5, 0.6) is 0 Å². The normalized spacial score (nSPS) is 12.7. The summed E-state index contributed by atoms with van der Waals surface area (Å²) in [6.07, 6.45) is 85.2. The molecule has 1 aliphatic rings. The highest BCUT2D eigenvalue weighted by atomic mass is 15.2. The highest BCUT2D eigenvalue weighted by molar-refractivity contribution is 5.78. The van der Waals surface area contributed by atoms with Gasteiger partial charge in [0.2, 0.25) is 11.4 Å². The van der Waals surface area contributed by atoms with E-state index >= 15 is 0 Å². The summed E-state index contributed by atoms with van der Waals surface area (Å²) in [5.41, 5.74) is 20.3. The van der Waals surface area contributed by atoms with Crippen LogP contribution in [0.15, 0.2) is 60.2 Å². The molecule has 0 N–H and O–H groups in total. The van der Waals surface area contributed by atoms with Gasteiger partial charge in [-0.2, -0.15) is 0 Å². The van der Waals surface area contributed by atoms with Crippen LogP contribution >= 0.6 is 0 Å². The summed E-state index contributed by atoms with van der Waals surface area (Å²) in [5.74, 6) is 0. The maximum absolute atomic E-state index is 12.0. The third-order valence-electron chi connectivity index (χ3n) is 18.4. The van der Waals surface area contributed by atoms with Gasteiger partial charge in [0.05, 0.1) is 0 Å². The quantitative estimate of drug-likeness (QED) is 0.0466. The number of benzene rings is 2. The molecule has 0 radical (unpaired) electrons. The van der Waals surface area contributed by atoms with E-state index in [-0.39, 0.29) is 0 Å². The van der Waals surface area contributed by atoms with Crippen LogP contribution in [0.2, 0.25) is 0 Å². The Labute approximate surface area is 501 Å². The minimum atomic E-state index is 0.943. The van der Waals surface area contributed by atoms with Crippen LogP contribution in [0.1, 0.15) is 409 Å². The molecule has 0 spiro atoms. The average molecular weight is 1100 g/mol. The molecular formula is C78H136N2. The van der Waals surface area contributed by atoms with Crippen molar-refractivity contribution < 1.29 is 4.70 Å². The first-order chi connectivity index (χ1) is 39.7. The maximum atomic E-state index is 12.0. The largest absolute Gasteiger partial charge is 0.493 e. The lowest BCUT2D eigenvalue weighted by Crippen LogP contribution is -2.03. The van der Waals surface area contributed by atoms with Crippen molar-refractivity contribution in [3.8, 4) is 0 Å². The number of unbranched alkanes of at least 4 members (excludes halogenated alkanes) is 53. The van der Waals surface area contributed by atoms with Gasteiger partial charge in [0, 0.05) is 22.8 Å². The van der Waals surface area contributed by atoms with Crippen molar-refractivity contribution in [3.05, 3.63) is 88.0 Å². The first-order valence-electron chi connectivity index (χ1n) is 36.8. The minimum Gasteiger partial charge on any atom is -0.493 e. The van der Waals surface area contributed by atoms with E-state index in [1.807, 2.05) is 0 Å². The third kappa shape index (κ3) is 39.1. The second-order valence-electron chi connectivity index (χ2n) is 26.1. The van der Waals surface area contributed by atoms with Crippen molar-refractivity contribution in [2.45, 2.75) is 400 Å². The van der Waals surface area contributed by atoms with E-state index in [9.17, 15) is 5.53 Å². The predicted octanol–water partition coefficient (Wildman–Crippen LogP) is 27.9. The Bertz CT molecular complexity index is 1750. The average Bonchev–Trinajstić information content (AvgIpc) is 3.84. The van der Waals surface area contributed by atoms with Gasteiger partial charge in [-0.25, -0.2) is 4.70 Å². The molecule has 0 atom stereocenters. The molecule has 3 rings (SSSR count). The summed E-state index contributed by atoms with van der Waals surface area (Å²) in [5, 5.41) is 0. The lowest BCUT2D eigenvalue weighted by molar-refractivity contribution is -0.344. The van der Waals surface area contributed by atoms with Crippen LogP contribution in [0, 0.1) is 0 Å². The van der Waals surface area contributed by atoms with Crippen molar-refractivity contribution in [2.24, 2.45) is 0 Å². The highest BCUT2D eigenvalue weighted by Gasteiger charge is 2.29. The molecule has 0 unspecified atom stereocenters. The Kier molecular flexibility index (Phi) is 48.9. The third-order valence-corrected chi connectivity index (χ3v) is 18.4. The first-order valence-corrected chi connectivity index (χ1v) is 36.8. The molecule has 0 bridgehead atoms. The Morgan fingerprint density at radius 3 is 0.775 bits per heavy atom. The minimum absolute atomic E-state index is 0.943. The molecular weight excluding hydrogens is 965 g/mol. The van der Waals surface area contributed by atoms with E-state index < -0.39 is 0 Å². The summed E-state index contributed by atoms with van der Waals surface area (Å²) in [6, 6.07) is 18.2. The fourth-order valence-electron chi connectivity index (χ4n) is 13.0. The molecule has 80 heavy (non-hydrogen) atoms. The van der Waals surface area contributed by atoms with Gasteiger partial charge in [-0.3, -0.25) is 0 Å². The second kappa shape index (κ2) is 54.5. The van der Waals surface area contributed by atoms with Gasteiger partial charge < -0.3 is 5.53 Å². The van der Waals surface area contributed by atoms with E-state index in [1.165, 1.54) is 387 Å². The summed E-state index contributed by atoms with van der Waals surface area (Å²) in [4.78, 5) is 0. The van der Waals surface area contributed by atoms with Crippen molar-refractivity contribution in [2.75, 3.05) is 0 Å². The molecule has 0 amide bonds. The van der Waals surface area contributed by atoms with Gasteiger partial charge in [0.1, 0.15) is 0 Å². The van der Waals surface area contributed by atoms with Gasteiger partial charge in [-0.05, 0) is 73.9 Å². The van der Waals surface area contributed by atoms with Crippen molar-refractivity contribution >= 4 is 11.4 Å². The zero-order chi connectivity index (χ0) is 56.7. The molecule has 0 saturated heterocycles. The SMILES string of the molecule is CCCCCCCCCCCCCCCCCCCCCCCCCCCCc1cccc(C2=CC(CCCCCC)=C(c3cccc(CCCCCCCCCCCCCCCCCCCCCCCCCCCC)c3)[N+]2=[N-])c1. The Balaban J connectivity index is 1.19. The van der Waals surface area contributed by atoms with Crippen LogP contribution in [-0.4, -0.2) is 4.70 Å². The number of rotatable bonds is 61. The molecule has 0 aromatic heterocycles. The van der Waals surface area contributed by atoms with Gasteiger partial charge in [-0.15, -0.1) is 0 Å². The fourth-order valence-corrected chi connectivity index (χ4v) is 13.0. The van der Waals surface area contributed by atoms with E-state index in [0.717, 1.165) is 36.2 Å². The Morgan fingerprint density at radius 2 is 0.487 bits per heavy atom. The number of nitrogens with zero attached hydrogens (tertiary/aromatic N) is 2. The molecule has 2 nitrogen and oxygen atoms in total. The molecule has 2 aromatic rings. The number of allylic oxidation sites excluding steroid dienone is 2. The maximum Gasteiger partial charge on any atom is 0.210 e. The zero-order valence-electron chi connectivity index (χ0n) is 54.3. The summed E-state index contributed by atoms with van der Waals surface area (Å²) < 4.78 is 1.54. The monoisotopic (exact) mass is 1100 g/mol. The molecule has 0 aliphatic carbocycles.